The van der Waals surface area contributed by atoms with Gasteiger partial charge in [0.05, 0.1) is 6.61 Å². The quantitative estimate of drug-likeness (QED) is 0.156. The molecule has 2 saturated heterocycles. The van der Waals surface area contributed by atoms with Crippen molar-refractivity contribution in [2.45, 2.75) is 95.9 Å². The van der Waals surface area contributed by atoms with E-state index in [1.807, 2.05) is 0 Å². The third kappa shape index (κ3) is 8.81. The molecule has 0 bridgehead atoms. The van der Waals surface area contributed by atoms with E-state index in [0.29, 0.717) is 0 Å². The Hall–Kier alpha value is -2.89. The number of aliphatic hydroxyl groups excluding tert-OH is 2. The molecule has 2 amide bonds. The summed E-state index contributed by atoms with van der Waals surface area (Å²) < 4.78 is 38.6. The minimum Gasteiger partial charge on any atom is -0.463 e. The van der Waals surface area contributed by atoms with Crippen molar-refractivity contribution in [1.29, 1.82) is 0 Å². The van der Waals surface area contributed by atoms with E-state index < -0.39 is 104 Å². The first-order valence-corrected chi connectivity index (χ1v) is 12.1. The van der Waals surface area contributed by atoms with E-state index in [1.165, 1.54) is 21.0 Å². The topological polar surface area (TPSA) is 214 Å². The van der Waals surface area contributed by atoms with Gasteiger partial charge in [0.2, 0.25) is 11.8 Å². The molecule has 0 aromatic rings. The van der Waals surface area contributed by atoms with Gasteiger partial charge in [-0.3, -0.25) is 24.0 Å². The van der Waals surface area contributed by atoms with Crippen molar-refractivity contribution in [2.24, 2.45) is 0 Å². The third-order valence-electron chi connectivity index (χ3n) is 5.82. The zero-order valence-electron chi connectivity index (χ0n) is 22.5. The van der Waals surface area contributed by atoms with Gasteiger partial charge in [-0.25, -0.2) is 0 Å². The Labute approximate surface area is 224 Å². The van der Waals surface area contributed by atoms with Crippen molar-refractivity contribution < 1.29 is 67.3 Å². The van der Waals surface area contributed by atoms with Crippen LogP contribution in [0.15, 0.2) is 0 Å². The van der Waals surface area contributed by atoms with Crippen molar-refractivity contribution in [2.75, 3.05) is 20.3 Å². The number of hydrogen-bond acceptors (Lipinski definition) is 14. The lowest BCUT2D eigenvalue weighted by molar-refractivity contribution is -0.331. The molecule has 2 aliphatic rings. The molecular weight excluding hydrogens is 528 g/mol. The van der Waals surface area contributed by atoms with E-state index in [1.54, 1.807) is 0 Å². The van der Waals surface area contributed by atoms with Crippen LogP contribution >= 0.6 is 0 Å². The second-order valence-corrected chi connectivity index (χ2v) is 9.00. The zero-order valence-corrected chi connectivity index (χ0v) is 22.5. The van der Waals surface area contributed by atoms with Crippen LogP contribution in [0.4, 0.5) is 0 Å². The maximum atomic E-state index is 12.1. The summed E-state index contributed by atoms with van der Waals surface area (Å²) in [6, 6.07) is -2.46. The Morgan fingerprint density at radius 1 is 0.744 bits per heavy atom. The fourth-order valence-corrected chi connectivity index (χ4v) is 4.39. The van der Waals surface area contributed by atoms with Crippen molar-refractivity contribution in [3.8, 4) is 0 Å². The van der Waals surface area contributed by atoms with Crippen LogP contribution in [0.3, 0.4) is 0 Å². The van der Waals surface area contributed by atoms with Crippen LogP contribution in [0.5, 0.6) is 0 Å². The summed E-state index contributed by atoms with van der Waals surface area (Å²) in [5.41, 5.74) is 0. The minimum atomic E-state index is -1.54. The highest BCUT2D eigenvalue weighted by molar-refractivity contribution is 5.74. The first-order valence-electron chi connectivity index (χ1n) is 12.1. The largest absolute Gasteiger partial charge is 0.463 e. The van der Waals surface area contributed by atoms with Crippen LogP contribution in [0.25, 0.3) is 0 Å². The monoisotopic (exact) mass is 564 g/mol. The molecule has 0 aliphatic carbocycles. The predicted molar refractivity (Wildman–Crippen MR) is 125 cm³/mol. The molecule has 10 atom stereocenters. The van der Waals surface area contributed by atoms with E-state index in [4.69, 9.17) is 33.2 Å². The first kappa shape index (κ1) is 32.3. The molecule has 39 heavy (non-hydrogen) atoms. The Bertz CT molecular complexity index is 900. The molecule has 0 aromatic carbocycles. The lowest BCUT2D eigenvalue weighted by atomic mass is 9.94. The average molecular weight is 565 g/mol. The molecule has 2 fully saturated rings. The summed E-state index contributed by atoms with van der Waals surface area (Å²) in [7, 11) is 1.28. The third-order valence-corrected chi connectivity index (χ3v) is 5.82. The zero-order chi connectivity index (χ0) is 29.4. The van der Waals surface area contributed by atoms with Gasteiger partial charge in [-0.15, -0.1) is 0 Å². The van der Waals surface area contributed by atoms with Crippen LogP contribution in [0, 0.1) is 0 Å². The lowest BCUT2D eigenvalue weighted by Gasteiger charge is -2.48. The number of hydrogen-bond donors (Lipinski definition) is 4. The van der Waals surface area contributed by atoms with Gasteiger partial charge in [0.1, 0.15) is 43.1 Å². The van der Waals surface area contributed by atoms with Gasteiger partial charge in [0, 0.05) is 41.7 Å². The molecule has 0 unspecified atom stereocenters. The number of aliphatic hydroxyl groups is 2. The van der Waals surface area contributed by atoms with Crippen molar-refractivity contribution >= 4 is 29.7 Å². The van der Waals surface area contributed by atoms with Gasteiger partial charge in [0.15, 0.2) is 24.8 Å². The molecular formula is C23H36N2O14. The van der Waals surface area contributed by atoms with E-state index in [0.717, 1.165) is 20.8 Å². The average Bonchev–Trinajstić information content (AvgIpc) is 2.82. The second-order valence-electron chi connectivity index (χ2n) is 9.00. The number of methoxy groups -OCH3 is 1. The van der Waals surface area contributed by atoms with Crippen LogP contribution in [-0.4, -0.2) is 122 Å². The first-order chi connectivity index (χ1) is 18.3. The van der Waals surface area contributed by atoms with Crippen LogP contribution in [0.2, 0.25) is 0 Å². The van der Waals surface area contributed by atoms with Gasteiger partial charge < -0.3 is 54.0 Å². The lowest BCUT2D eigenvalue weighted by Crippen LogP contribution is -2.70. The molecule has 2 heterocycles. The minimum absolute atomic E-state index is 0.467. The maximum absolute atomic E-state index is 12.1. The Kier molecular flexibility index (Phi) is 12.0. The summed E-state index contributed by atoms with van der Waals surface area (Å²) in [5.74, 6) is -3.40. The molecule has 222 valence electrons. The molecule has 2 rings (SSSR count). The summed E-state index contributed by atoms with van der Waals surface area (Å²) in [6.07, 6.45) is -10.8. The Morgan fingerprint density at radius 2 is 1.28 bits per heavy atom. The van der Waals surface area contributed by atoms with Gasteiger partial charge in [-0.05, 0) is 0 Å². The molecule has 2 aliphatic heterocycles. The van der Waals surface area contributed by atoms with E-state index in [2.05, 4.69) is 10.6 Å². The molecule has 0 aromatic heterocycles. The highest BCUT2D eigenvalue weighted by Gasteiger charge is 2.54. The highest BCUT2D eigenvalue weighted by atomic mass is 16.7. The SMILES string of the molecule is CO[C@@H]1O[C@H](CO)[C@H](O[C@@H]2O[C@H](COC(C)=O)[C@H](OC(C)=O)[C@H](OC(C)=O)[C@@H]2NC(C)=O)[C@@H](O)[C@@H]1NC(C)=O. The van der Waals surface area contributed by atoms with Crippen molar-refractivity contribution in [1.82, 2.24) is 10.6 Å². The van der Waals surface area contributed by atoms with Gasteiger partial charge in [0.25, 0.3) is 0 Å². The number of carbonyl (C=O) groups excluding carboxylic acids is 5. The Morgan fingerprint density at radius 3 is 1.77 bits per heavy atom. The summed E-state index contributed by atoms with van der Waals surface area (Å²) in [5, 5.41) is 26.1. The number of carbonyl (C=O) groups is 5. The van der Waals surface area contributed by atoms with Gasteiger partial charge in [-0.1, -0.05) is 0 Å². The standard InChI is InChI=1S/C23H36N2O14/c1-9(27)24-16-18(32)19(14(7-26)37-22(16)33-6)39-23-17(25-10(2)28)21(36-13(5)31)20(35-12(4)30)15(38-23)8-34-11(3)29/h14-23,26,32H,7-8H2,1-6H3,(H,24,27)(H,25,28)/t14-,15-,16+,17+,18+,19+,20+,21-,22-,23+/m1/s1. The summed E-state index contributed by atoms with van der Waals surface area (Å²) >= 11 is 0. The predicted octanol–water partition coefficient (Wildman–Crippen LogP) is -2.74. The van der Waals surface area contributed by atoms with E-state index >= 15 is 0 Å². The van der Waals surface area contributed by atoms with E-state index in [9.17, 15) is 34.2 Å². The van der Waals surface area contributed by atoms with Crippen LogP contribution in [0.1, 0.15) is 34.6 Å². The van der Waals surface area contributed by atoms with Gasteiger partial charge in [-0.2, -0.15) is 0 Å². The smallest absolute Gasteiger partial charge is 0.303 e. The van der Waals surface area contributed by atoms with Crippen molar-refractivity contribution in [3.05, 3.63) is 0 Å². The van der Waals surface area contributed by atoms with Crippen molar-refractivity contribution in [3.63, 3.8) is 0 Å². The fourth-order valence-electron chi connectivity index (χ4n) is 4.39. The molecule has 16 nitrogen and oxygen atoms in total. The van der Waals surface area contributed by atoms with E-state index in [-0.39, 0.29) is 0 Å². The Balaban J connectivity index is 2.51. The maximum Gasteiger partial charge on any atom is 0.303 e. The molecule has 0 spiro atoms. The van der Waals surface area contributed by atoms with Gasteiger partial charge >= 0.3 is 17.9 Å². The molecule has 0 radical (unpaired) electrons. The normalized spacial score (nSPS) is 34.4. The summed E-state index contributed by atoms with van der Waals surface area (Å²) in [4.78, 5) is 59.3. The molecule has 0 saturated carbocycles. The number of rotatable bonds is 10. The second kappa shape index (κ2) is 14.5. The highest BCUT2D eigenvalue weighted by Crippen LogP contribution is 2.32. The molecule has 4 N–H and O–H groups in total. The number of amides is 2. The number of ether oxygens (including phenoxy) is 7. The number of esters is 3. The van der Waals surface area contributed by atoms with Crippen LogP contribution < -0.4 is 10.6 Å². The summed E-state index contributed by atoms with van der Waals surface area (Å²) in [6.45, 7) is 4.57. The molecule has 16 heteroatoms. The fraction of sp³-hybridized carbons (Fsp3) is 0.783. The van der Waals surface area contributed by atoms with Crippen LogP contribution in [-0.2, 0) is 57.1 Å². The number of nitrogens with one attached hydrogen (secondary N) is 2.